The monoisotopic (exact) mass is 368 g/mol. The number of hydrogen-bond acceptors (Lipinski definition) is 2. The molecule has 2 aromatic carbocycles. The predicted octanol–water partition coefficient (Wildman–Crippen LogP) is 4.79. The zero-order chi connectivity index (χ0) is 19.6. The molecule has 0 aliphatic carbocycles. The smallest absolute Gasteiger partial charge is 0.252 e. The molecule has 0 radical (unpaired) electrons. The first-order valence-corrected chi connectivity index (χ1v) is 9.69. The second-order valence-corrected chi connectivity index (χ2v) is 8.04. The normalized spacial score (nSPS) is 16.3. The highest BCUT2D eigenvalue weighted by molar-refractivity contribution is 5.97. The largest absolute Gasteiger partial charge is 0.343 e. The Morgan fingerprint density at radius 3 is 2.22 bits per heavy atom. The third kappa shape index (κ3) is 3.91. The fraction of sp³-hybridized carbons (Fsp3) is 0.435. The van der Waals surface area contributed by atoms with Crippen LogP contribution in [0.25, 0.3) is 0 Å². The molecule has 2 aromatic rings. The van der Waals surface area contributed by atoms with Gasteiger partial charge in [-0.1, -0.05) is 36.4 Å². The minimum absolute atomic E-state index is 0.147. The first-order valence-electron chi connectivity index (χ1n) is 9.69. The third-order valence-corrected chi connectivity index (χ3v) is 5.83. The Labute approximate surface area is 161 Å². The van der Waals surface area contributed by atoms with Gasteiger partial charge in [0.2, 0.25) is 0 Å². The predicted molar refractivity (Wildman–Crippen MR) is 107 cm³/mol. The van der Waals surface area contributed by atoms with Gasteiger partial charge in [0.1, 0.15) is 5.82 Å². The number of benzene rings is 2. The van der Waals surface area contributed by atoms with Gasteiger partial charge >= 0.3 is 0 Å². The number of carbonyl (C=O) groups excluding carboxylic acids is 1. The van der Waals surface area contributed by atoms with E-state index < -0.39 is 11.6 Å². The van der Waals surface area contributed by atoms with Crippen LogP contribution < -0.4 is 5.32 Å². The third-order valence-electron chi connectivity index (χ3n) is 5.83. The van der Waals surface area contributed by atoms with Crippen molar-refractivity contribution in [2.24, 2.45) is 0 Å². The fourth-order valence-corrected chi connectivity index (χ4v) is 4.20. The Morgan fingerprint density at radius 1 is 1.04 bits per heavy atom. The van der Waals surface area contributed by atoms with Crippen LogP contribution in [0.4, 0.5) is 4.39 Å². The Kier molecular flexibility index (Phi) is 5.66. The van der Waals surface area contributed by atoms with E-state index in [2.05, 4.69) is 24.1 Å². The maximum absolute atomic E-state index is 14.7. The minimum atomic E-state index is -0.441. The number of nitrogens with zero attached hydrogens (tertiary/aromatic N) is 1. The Bertz CT molecular complexity index is 805. The molecule has 144 valence electrons. The van der Waals surface area contributed by atoms with E-state index in [1.807, 2.05) is 38.1 Å². The Morgan fingerprint density at radius 2 is 1.63 bits per heavy atom. The molecule has 1 N–H and O–H groups in total. The summed E-state index contributed by atoms with van der Waals surface area (Å²) in [6.45, 7) is 10.0. The molecular formula is C23H29FN2O. The van der Waals surface area contributed by atoms with Gasteiger partial charge in [-0.2, -0.15) is 0 Å². The SMILES string of the molecule is Cc1cccc(C)c1C(=O)NC(c1ccccc1F)C(C)(C)N1CCCC1. The van der Waals surface area contributed by atoms with Gasteiger partial charge in [0.25, 0.3) is 5.91 Å². The van der Waals surface area contributed by atoms with Crippen LogP contribution in [0.15, 0.2) is 42.5 Å². The number of aryl methyl sites for hydroxylation is 2. The number of likely N-dealkylation sites (tertiary alicyclic amines) is 1. The molecule has 0 bridgehead atoms. The molecule has 0 aromatic heterocycles. The van der Waals surface area contributed by atoms with Crippen LogP contribution in [0.2, 0.25) is 0 Å². The van der Waals surface area contributed by atoms with Gasteiger partial charge < -0.3 is 5.32 Å². The molecule has 4 heteroatoms. The molecule has 1 heterocycles. The summed E-state index contributed by atoms with van der Waals surface area (Å²) in [6, 6.07) is 12.1. The van der Waals surface area contributed by atoms with Crippen molar-refractivity contribution in [1.82, 2.24) is 10.2 Å². The summed E-state index contributed by atoms with van der Waals surface area (Å²) in [5.41, 5.74) is 2.67. The van der Waals surface area contributed by atoms with Crippen molar-refractivity contribution in [3.63, 3.8) is 0 Å². The summed E-state index contributed by atoms with van der Waals surface area (Å²) in [5.74, 6) is -0.428. The van der Waals surface area contributed by atoms with Gasteiger partial charge in [-0.05, 0) is 70.8 Å². The lowest BCUT2D eigenvalue weighted by Crippen LogP contribution is -2.53. The van der Waals surface area contributed by atoms with Crippen molar-refractivity contribution in [2.75, 3.05) is 13.1 Å². The van der Waals surface area contributed by atoms with E-state index in [9.17, 15) is 9.18 Å². The van der Waals surface area contributed by atoms with Crippen molar-refractivity contribution in [1.29, 1.82) is 0 Å². The van der Waals surface area contributed by atoms with Crippen LogP contribution in [0, 0.1) is 19.7 Å². The highest BCUT2D eigenvalue weighted by Gasteiger charge is 2.40. The average molecular weight is 368 g/mol. The molecule has 0 saturated carbocycles. The van der Waals surface area contributed by atoms with Gasteiger partial charge in [-0.3, -0.25) is 9.69 Å². The number of hydrogen-bond donors (Lipinski definition) is 1. The molecule has 1 aliphatic rings. The van der Waals surface area contributed by atoms with E-state index in [-0.39, 0.29) is 11.7 Å². The number of rotatable bonds is 5. The van der Waals surface area contributed by atoms with E-state index in [1.54, 1.807) is 12.1 Å². The lowest BCUT2D eigenvalue weighted by Gasteiger charge is -2.42. The van der Waals surface area contributed by atoms with Crippen molar-refractivity contribution >= 4 is 5.91 Å². The quantitative estimate of drug-likeness (QED) is 0.823. The number of halogens is 1. The van der Waals surface area contributed by atoms with E-state index in [0.29, 0.717) is 11.1 Å². The molecule has 27 heavy (non-hydrogen) atoms. The number of amides is 1. The molecule has 1 unspecified atom stereocenters. The van der Waals surface area contributed by atoms with Crippen LogP contribution in [-0.2, 0) is 0 Å². The molecule has 1 amide bonds. The average Bonchev–Trinajstić information content (AvgIpc) is 3.16. The molecule has 1 aliphatic heterocycles. The maximum atomic E-state index is 14.7. The van der Waals surface area contributed by atoms with Gasteiger partial charge in [0, 0.05) is 16.7 Å². The second-order valence-electron chi connectivity index (χ2n) is 8.04. The van der Waals surface area contributed by atoms with Crippen molar-refractivity contribution in [3.8, 4) is 0 Å². The molecule has 3 nitrogen and oxygen atoms in total. The first kappa shape index (κ1) is 19.6. The molecule has 1 fully saturated rings. The highest BCUT2D eigenvalue weighted by Crippen LogP contribution is 2.35. The maximum Gasteiger partial charge on any atom is 0.252 e. The van der Waals surface area contributed by atoms with Crippen molar-refractivity contribution in [3.05, 3.63) is 70.5 Å². The van der Waals surface area contributed by atoms with Crippen molar-refractivity contribution < 1.29 is 9.18 Å². The summed E-state index contributed by atoms with van der Waals surface area (Å²) < 4.78 is 14.7. The van der Waals surface area contributed by atoms with E-state index >= 15 is 0 Å². The van der Waals surface area contributed by atoms with Gasteiger partial charge in [-0.25, -0.2) is 4.39 Å². The highest BCUT2D eigenvalue weighted by atomic mass is 19.1. The van der Waals surface area contributed by atoms with Gasteiger partial charge in [0.05, 0.1) is 6.04 Å². The van der Waals surface area contributed by atoms with Crippen LogP contribution in [-0.4, -0.2) is 29.4 Å². The standard InChI is InChI=1S/C23H29FN2O/c1-16-10-9-11-17(2)20(16)22(27)25-21(18-12-5-6-13-19(18)24)23(3,4)26-14-7-8-15-26/h5-6,9-13,21H,7-8,14-15H2,1-4H3,(H,25,27). The van der Waals surface area contributed by atoms with Gasteiger partial charge in [-0.15, -0.1) is 0 Å². The Hall–Kier alpha value is -2.20. The molecular weight excluding hydrogens is 339 g/mol. The minimum Gasteiger partial charge on any atom is -0.343 e. The number of carbonyl (C=O) groups is 1. The van der Waals surface area contributed by atoms with E-state index in [1.165, 1.54) is 6.07 Å². The lowest BCUT2D eigenvalue weighted by atomic mass is 9.86. The van der Waals surface area contributed by atoms with E-state index in [0.717, 1.165) is 37.1 Å². The fourth-order valence-electron chi connectivity index (χ4n) is 4.20. The van der Waals surface area contributed by atoms with Crippen LogP contribution in [0.5, 0.6) is 0 Å². The van der Waals surface area contributed by atoms with E-state index in [4.69, 9.17) is 0 Å². The summed E-state index contributed by atoms with van der Waals surface area (Å²) in [6.07, 6.45) is 2.27. The molecule has 0 spiro atoms. The van der Waals surface area contributed by atoms with Crippen LogP contribution in [0.3, 0.4) is 0 Å². The zero-order valence-corrected chi connectivity index (χ0v) is 16.7. The topological polar surface area (TPSA) is 32.3 Å². The van der Waals surface area contributed by atoms with Crippen molar-refractivity contribution in [2.45, 2.75) is 52.1 Å². The van der Waals surface area contributed by atoms with Crippen LogP contribution in [0.1, 0.15) is 59.8 Å². The second kappa shape index (κ2) is 7.81. The number of nitrogens with one attached hydrogen (secondary N) is 1. The first-order chi connectivity index (χ1) is 12.8. The zero-order valence-electron chi connectivity index (χ0n) is 16.7. The summed E-state index contributed by atoms with van der Waals surface area (Å²) >= 11 is 0. The summed E-state index contributed by atoms with van der Waals surface area (Å²) in [7, 11) is 0. The molecule has 1 atom stereocenters. The molecule has 3 rings (SSSR count). The van der Waals surface area contributed by atoms with Gasteiger partial charge in [0.15, 0.2) is 0 Å². The Balaban J connectivity index is 2.00. The summed E-state index contributed by atoms with van der Waals surface area (Å²) in [5, 5.41) is 3.17. The lowest BCUT2D eigenvalue weighted by molar-refractivity contribution is 0.0771. The van der Waals surface area contributed by atoms with Crippen LogP contribution >= 0.6 is 0 Å². The summed E-state index contributed by atoms with van der Waals surface area (Å²) in [4.78, 5) is 15.5. The molecule has 1 saturated heterocycles.